The van der Waals surface area contributed by atoms with Gasteiger partial charge in [-0.3, -0.25) is 10.6 Å². The first kappa shape index (κ1) is 10.9. The Kier molecular flexibility index (Phi) is 3.38. The van der Waals surface area contributed by atoms with Gasteiger partial charge in [-0.2, -0.15) is 0 Å². The lowest BCUT2D eigenvalue weighted by molar-refractivity contribution is 0.0930. The van der Waals surface area contributed by atoms with Crippen molar-refractivity contribution in [2.45, 2.75) is 12.5 Å². The van der Waals surface area contributed by atoms with Crippen LogP contribution in [0.2, 0.25) is 0 Å². The third-order valence-electron chi connectivity index (χ3n) is 2.59. The maximum absolute atomic E-state index is 11.9. The smallest absolute Gasteiger partial charge is 0.253 e. The molecule has 1 aliphatic rings. The second-order valence-electron chi connectivity index (χ2n) is 3.72. The Labute approximate surface area is 93.9 Å². The molecule has 1 aromatic rings. The third kappa shape index (κ3) is 2.32. The Morgan fingerprint density at radius 1 is 1.44 bits per heavy atom. The van der Waals surface area contributed by atoms with E-state index in [9.17, 15) is 4.79 Å². The molecule has 86 valence electrons. The van der Waals surface area contributed by atoms with Gasteiger partial charge in [-0.1, -0.05) is 12.1 Å². The Balaban J connectivity index is 2.07. The minimum atomic E-state index is -0.121. The number of anilines is 1. The second kappa shape index (κ2) is 4.96. The van der Waals surface area contributed by atoms with Gasteiger partial charge in [0.1, 0.15) is 0 Å². The quantitative estimate of drug-likeness (QED) is 0.513. The zero-order chi connectivity index (χ0) is 11.4. The molecule has 0 radical (unpaired) electrons. The molecule has 0 bridgehead atoms. The highest BCUT2D eigenvalue weighted by Crippen LogP contribution is 2.14. The molecule has 0 saturated carbocycles. The fraction of sp³-hybridized carbons (Fsp3) is 0.364. The van der Waals surface area contributed by atoms with Gasteiger partial charge in [0.2, 0.25) is 0 Å². The van der Waals surface area contributed by atoms with Gasteiger partial charge in [0.15, 0.2) is 0 Å². The highest BCUT2D eigenvalue weighted by atomic mass is 16.5. The van der Waals surface area contributed by atoms with Crippen LogP contribution in [0, 0.1) is 0 Å². The van der Waals surface area contributed by atoms with Crippen molar-refractivity contribution >= 4 is 11.6 Å². The van der Waals surface area contributed by atoms with Crippen LogP contribution in [0.5, 0.6) is 0 Å². The molecule has 5 heteroatoms. The number of hydrogen-bond acceptors (Lipinski definition) is 4. The summed E-state index contributed by atoms with van der Waals surface area (Å²) in [5.41, 5.74) is 3.69. The molecular formula is C11H15N3O2. The maximum atomic E-state index is 11.9. The van der Waals surface area contributed by atoms with Crippen LogP contribution in [0.4, 0.5) is 5.69 Å². The van der Waals surface area contributed by atoms with Crippen LogP contribution in [0.1, 0.15) is 16.8 Å². The number of hydrazine groups is 1. The number of rotatable bonds is 3. The van der Waals surface area contributed by atoms with Crippen molar-refractivity contribution in [2.75, 3.05) is 18.6 Å². The number of carbonyl (C=O) groups is 1. The Bertz CT molecular complexity index is 375. The Morgan fingerprint density at radius 3 is 2.94 bits per heavy atom. The number of carbonyl (C=O) groups excluding carboxylic acids is 1. The molecule has 4 N–H and O–H groups in total. The van der Waals surface area contributed by atoms with E-state index in [2.05, 4.69) is 10.7 Å². The lowest BCUT2D eigenvalue weighted by Crippen LogP contribution is -2.35. The molecule has 1 aliphatic heterocycles. The summed E-state index contributed by atoms with van der Waals surface area (Å²) in [5.74, 6) is 5.22. The fourth-order valence-corrected chi connectivity index (χ4v) is 1.72. The summed E-state index contributed by atoms with van der Waals surface area (Å²) in [7, 11) is 0. The molecule has 0 aliphatic carbocycles. The summed E-state index contributed by atoms with van der Waals surface area (Å²) in [6, 6.07) is 7.24. The van der Waals surface area contributed by atoms with E-state index in [-0.39, 0.29) is 11.9 Å². The van der Waals surface area contributed by atoms with Crippen LogP contribution in [0.25, 0.3) is 0 Å². The van der Waals surface area contributed by atoms with E-state index >= 15 is 0 Å². The van der Waals surface area contributed by atoms with Crippen LogP contribution in [-0.2, 0) is 4.74 Å². The van der Waals surface area contributed by atoms with Crippen molar-refractivity contribution in [3.63, 3.8) is 0 Å². The lowest BCUT2D eigenvalue weighted by Gasteiger charge is -2.12. The summed E-state index contributed by atoms with van der Waals surface area (Å²) in [5, 5.41) is 2.91. The zero-order valence-corrected chi connectivity index (χ0v) is 8.90. The van der Waals surface area contributed by atoms with E-state index < -0.39 is 0 Å². The molecule has 1 heterocycles. The maximum Gasteiger partial charge on any atom is 0.253 e. The highest BCUT2D eigenvalue weighted by molar-refractivity contribution is 5.99. The number of ether oxygens (including phenoxy) is 1. The van der Waals surface area contributed by atoms with Crippen LogP contribution < -0.4 is 16.6 Å². The van der Waals surface area contributed by atoms with Crippen molar-refractivity contribution in [3.8, 4) is 0 Å². The van der Waals surface area contributed by atoms with Crippen molar-refractivity contribution in [1.29, 1.82) is 0 Å². The van der Waals surface area contributed by atoms with Gasteiger partial charge in [0, 0.05) is 6.61 Å². The van der Waals surface area contributed by atoms with E-state index in [1.165, 1.54) is 0 Å². The molecule has 1 unspecified atom stereocenters. The summed E-state index contributed by atoms with van der Waals surface area (Å²) in [6.45, 7) is 1.30. The van der Waals surface area contributed by atoms with Crippen LogP contribution in [0.15, 0.2) is 24.3 Å². The number of hydrogen-bond donors (Lipinski definition) is 3. The van der Waals surface area contributed by atoms with Gasteiger partial charge in [-0.15, -0.1) is 0 Å². The van der Waals surface area contributed by atoms with E-state index in [4.69, 9.17) is 10.6 Å². The summed E-state index contributed by atoms with van der Waals surface area (Å²) in [4.78, 5) is 11.9. The fourth-order valence-electron chi connectivity index (χ4n) is 1.72. The number of nitrogens with two attached hydrogens (primary N) is 1. The molecule has 5 nitrogen and oxygen atoms in total. The number of para-hydroxylation sites is 1. The van der Waals surface area contributed by atoms with E-state index in [0.29, 0.717) is 24.5 Å². The normalized spacial score (nSPS) is 19.4. The number of amides is 1. The van der Waals surface area contributed by atoms with E-state index in [1.54, 1.807) is 18.2 Å². The highest BCUT2D eigenvalue weighted by Gasteiger charge is 2.19. The number of benzene rings is 1. The molecular weight excluding hydrogens is 206 g/mol. The first-order valence-corrected chi connectivity index (χ1v) is 5.25. The van der Waals surface area contributed by atoms with Crippen molar-refractivity contribution in [1.82, 2.24) is 5.32 Å². The van der Waals surface area contributed by atoms with Crippen LogP contribution in [-0.4, -0.2) is 25.2 Å². The van der Waals surface area contributed by atoms with Gasteiger partial charge in [-0.05, 0) is 18.6 Å². The van der Waals surface area contributed by atoms with E-state index in [0.717, 1.165) is 6.42 Å². The molecule has 0 spiro atoms. The molecule has 2 rings (SSSR count). The SMILES string of the molecule is NNc1ccccc1C(=O)NC1CCOC1. The molecule has 16 heavy (non-hydrogen) atoms. The molecule has 1 saturated heterocycles. The van der Waals surface area contributed by atoms with Crippen LogP contribution in [0.3, 0.4) is 0 Å². The lowest BCUT2D eigenvalue weighted by atomic mass is 10.1. The summed E-state index contributed by atoms with van der Waals surface area (Å²) in [6.07, 6.45) is 0.865. The zero-order valence-electron chi connectivity index (χ0n) is 8.90. The summed E-state index contributed by atoms with van der Waals surface area (Å²) < 4.78 is 5.20. The number of nitrogens with one attached hydrogen (secondary N) is 2. The molecule has 1 atom stereocenters. The van der Waals surface area contributed by atoms with Gasteiger partial charge >= 0.3 is 0 Å². The molecule has 0 aromatic heterocycles. The minimum Gasteiger partial charge on any atom is -0.379 e. The largest absolute Gasteiger partial charge is 0.379 e. The predicted octanol–water partition coefficient (Wildman–Crippen LogP) is 0.491. The molecule has 1 aromatic carbocycles. The van der Waals surface area contributed by atoms with Gasteiger partial charge < -0.3 is 15.5 Å². The van der Waals surface area contributed by atoms with Gasteiger partial charge in [-0.25, -0.2) is 0 Å². The topological polar surface area (TPSA) is 76.4 Å². The van der Waals surface area contributed by atoms with E-state index in [1.807, 2.05) is 6.07 Å². The minimum absolute atomic E-state index is 0.110. The first-order valence-electron chi connectivity index (χ1n) is 5.25. The summed E-state index contributed by atoms with van der Waals surface area (Å²) >= 11 is 0. The van der Waals surface area contributed by atoms with Gasteiger partial charge in [0.05, 0.1) is 23.9 Å². The second-order valence-corrected chi connectivity index (χ2v) is 3.72. The Hall–Kier alpha value is -1.59. The van der Waals surface area contributed by atoms with Crippen LogP contribution >= 0.6 is 0 Å². The van der Waals surface area contributed by atoms with Crippen molar-refractivity contribution in [2.24, 2.45) is 5.84 Å². The average molecular weight is 221 g/mol. The molecule has 1 fully saturated rings. The third-order valence-corrected chi connectivity index (χ3v) is 2.59. The monoisotopic (exact) mass is 221 g/mol. The van der Waals surface area contributed by atoms with Crippen molar-refractivity contribution < 1.29 is 9.53 Å². The average Bonchev–Trinajstić information content (AvgIpc) is 2.81. The Morgan fingerprint density at radius 2 is 2.25 bits per heavy atom. The predicted molar refractivity (Wildman–Crippen MR) is 60.9 cm³/mol. The standard InChI is InChI=1S/C11H15N3O2/c12-14-10-4-2-1-3-9(10)11(15)13-8-5-6-16-7-8/h1-4,8,14H,5-7,12H2,(H,13,15). The molecule has 1 amide bonds. The first-order chi connectivity index (χ1) is 7.81. The van der Waals surface area contributed by atoms with Gasteiger partial charge in [0.25, 0.3) is 5.91 Å². The number of nitrogen functional groups attached to an aromatic ring is 1. The van der Waals surface area contributed by atoms with Crippen molar-refractivity contribution in [3.05, 3.63) is 29.8 Å².